The summed E-state index contributed by atoms with van der Waals surface area (Å²) >= 11 is 0. The molecule has 1 N–H and O–H groups in total. The van der Waals surface area contributed by atoms with Crippen LogP contribution in [-0.2, 0) is 9.84 Å². The Kier molecular flexibility index (Phi) is 2.87. The van der Waals surface area contributed by atoms with Gasteiger partial charge < -0.3 is 0 Å². The molecule has 0 bridgehead atoms. The highest BCUT2D eigenvalue weighted by atomic mass is 32.2. The lowest BCUT2D eigenvalue weighted by Crippen LogP contribution is -1.96. The zero-order valence-corrected chi connectivity index (χ0v) is 11.4. The van der Waals surface area contributed by atoms with Gasteiger partial charge in [0.1, 0.15) is 6.33 Å². The van der Waals surface area contributed by atoms with Gasteiger partial charge in [-0.05, 0) is 24.3 Å². The monoisotopic (exact) mass is 289 g/mol. The van der Waals surface area contributed by atoms with E-state index in [0.29, 0.717) is 11.8 Å². The Morgan fingerprint density at radius 3 is 2.55 bits per heavy atom. The third-order valence-corrected chi connectivity index (χ3v) is 3.89. The van der Waals surface area contributed by atoms with Crippen LogP contribution in [0.3, 0.4) is 0 Å². The van der Waals surface area contributed by atoms with Crippen molar-refractivity contribution in [1.82, 2.24) is 24.7 Å². The van der Waals surface area contributed by atoms with Gasteiger partial charge in [-0.2, -0.15) is 4.98 Å². The Balaban J connectivity index is 1.94. The van der Waals surface area contributed by atoms with Crippen LogP contribution in [0.4, 0.5) is 0 Å². The van der Waals surface area contributed by atoms with E-state index in [0.717, 1.165) is 5.56 Å². The molecule has 0 amide bonds. The highest BCUT2D eigenvalue weighted by Gasteiger charge is 2.10. The number of nitrogens with zero attached hydrogens (tertiary/aromatic N) is 4. The minimum atomic E-state index is -3.19. The average molecular weight is 289 g/mol. The Morgan fingerprint density at radius 2 is 1.95 bits per heavy atom. The highest BCUT2D eigenvalue weighted by Crippen LogP contribution is 2.18. The number of nitrogens with one attached hydrogen (secondary N) is 1. The minimum Gasteiger partial charge on any atom is -0.273 e. The number of rotatable bonds is 3. The molecule has 0 saturated carbocycles. The summed E-state index contributed by atoms with van der Waals surface area (Å²) in [5.41, 5.74) is 0.760. The molecule has 0 fully saturated rings. The molecule has 0 spiro atoms. The molecule has 0 unspecified atom stereocenters. The van der Waals surface area contributed by atoms with Gasteiger partial charge >= 0.3 is 0 Å². The van der Waals surface area contributed by atoms with E-state index in [9.17, 15) is 8.42 Å². The van der Waals surface area contributed by atoms with Crippen LogP contribution in [0.1, 0.15) is 0 Å². The van der Waals surface area contributed by atoms with Gasteiger partial charge in [0.15, 0.2) is 15.7 Å². The van der Waals surface area contributed by atoms with E-state index in [2.05, 4.69) is 20.2 Å². The highest BCUT2D eigenvalue weighted by molar-refractivity contribution is 7.90. The first-order chi connectivity index (χ1) is 9.54. The number of benzene rings is 1. The van der Waals surface area contributed by atoms with Gasteiger partial charge in [-0.15, -0.1) is 5.10 Å². The number of hydrogen-bond acceptors (Lipinski definition) is 5. The molecule has 3 aromatic rings. The number of aromatic nitrogens is 5. The van der Waals surface area contributed by atoms with Gasteiger partial charge in [-0.3, -0.25) is 9.67 Å². The molecule has 20 heavy (non-hydrogen) atoms. The summed E-state index contributed by atoms with van der Waals surface area (Å²) in [6.07, 6.45) is 6.14. The van der Waals surface area contributed by atoms with Gasteiger partial charge in [0.2, 0.25) is 0 Å². The standard InChI is InChI=1S/C12H11N5O2S/c1-20(18,19)10-4-2-9(3-5-10)11-14-12(16-15-11)17-7-6-13-8-17/h2-8H,1H3,(H,14,15,16). The van der Waals surface area contributed by atoms with Crippen molar-refractivity contribution in [3.8, 4) is 17.3 Å². The second kappa shape index (κ2) is 4.57. The van der Waals surface area contributed by atoms with Crippen molar-refractivity contribution in [1.29, 1.82) is 0 Å². The predicted octanol–water partition coefficient (Wildman–Crippen LogP) is 1.06. The van der Waals surface area contributed by atoms with Gasteiger partial charge in [-0.1, -0.05) is 0 Å². The third kappa shape index (κ3) is 2.32. The molecule has 1 aromatic carbocycles. The molecule has 102 valence electrons. The summed E-state index contributed by atoms with van der Waals surface area (Å²) in [5.74, 6) is 1.04. The van der Waals surface area contributed by atoms with Crippen LogP contribution in [0.25, 0.3) is 17.3 Å². The number of hydrogen-bond donors (Lipinski definition) is 1. The topological polar surface area (TPSA) is 93.5 Å². The number of imidazole rings is 1. The summed E-state index contributed by atoms with van der Waals surface area (Å²) in [7, 11) is -3.19. The van der Waals surface area contributed by atoms with Gasteiger partial charge in [0, 0.05) is 24.2 Å². The molecule has 2 aromatic heterocycles. The number of sulfone groups is 1. The summed E-state index contributed by atoms with van der Waals surface area (Å²) in [5, 5.41) is 6.88. The molecule has 0 aliphatic rings. The molecule has 3 rings (SSSR count). The van der Waals surface area contributed by atoms with Crippen molar-refractivity contribution >= 4 is 9.84 Å². The minimum absolute atomic E-state index is 0.274. The van der Waals surface area contributed by atoms with E-state index in [1.54, 1.807) is 47.6 Å². The lowest BCUT2D eigenvalue weighted by Gasteiger charge is -1.99. The molecule has 0 radical (unpaired) electrons. The van der Waals surface area contributed by atoms with Gasteiger partial charge in [0.25, 0.3) is 5.95 Å². The molecule has 0 aliphatic carbocycles. The SMILES string of the molecule is CS(=O)(=O)c1ccc(-c2nc(-n3ccnc3)n[nH]2)cc1. The normalized spacial score (nSPS) is 11.7. The van der Waals surface area contributed by atoms with Crippen molar-refractivity contribution in [3.05, 3.63) is 43.0 Å². The first-order valence-corrected chi connectivity index (χ1v) is 7.64. The van der Waals surface area contributed by atoms with Gasteiger partial charge in [0.05, 0.1) is 4.90 Å². The predicted molar refractivity (Wildman–Crippen MR) is 72.1 cm³/mol. The maximum Gasteiger partial charge on any atom is 0.254 e. The number of H-pyrrole nitrogens is 1. The van der Waals surface area contributed by atoms with E-state index in [4.69, 9.17) is 0 Å². The first kappa shape index (κ1) is 12.5. The molecule has 0 saturated heterocycles. The molecular formula is C12H11N5O2S. The quantitative estimate of drug-likeness (QED) is 0.778. The maximum atomic E-state index is 11.4. The van der Waals surface area contributed by atoms with Crippen LogP contribution in [0.5, 0.6) is 0 Å². The fourth-order valence-electron chi connectivity index (χ4n) is 1.73. The van der Waals surface area contributed by atoms with Crippen molar-refractivity contribution in [2.24, 2.45) is 0 Å². The largest absolute Gasteiger partial charge is 0.273 e. The second-order valence-electron chi connectivity index (χ2n) is 4.25. The summed E-state index contributed by atoms with van der Waals surface area (Å²) in [4.78, 5) is 8.52. The molecule has 0 atom stereocenters. The zero-order chi connectivity index (χ0) is 14.2. The number of aromatic amines is 1. The van der Waals surface area contributed by atoms with E-state index in [-0.39, 0.29) is 4.90 Å². The summed E-state index contributed by atoms with van der Waals surface area (Å²) in [6.45, 7) is 0. The third-order valence-electron chi connectivity index (χ3n) is 2.76. The van der Waals surface area contributed by atoms with Crippen molar-refractivity contribution in [3.63, 3.8) is 0 Å². The molecule has 7 nitrogen and oxygen atoms in total. The Morgan fingerprint density at radius 1 is 1.20 bits per heavy atom. The average Bonchev–Trinajstić information content (AvgIpc) is 3.09. The lowest BCUT2D eigenvalue weighted by atomic mass is 10.2. The summed E-state index contributed by atoms with van der Waals surface area (Å²) < 4.78 is 24.5. The van der Waals surface area contributed by atoms with Crippen LogP contribution < -0.4 is 0 Å². The zero-order valence-electron chi connectivity index (χ0n) is 10.6. The van der Waals surface area contributed by atoms with Crippen LogP contribution in [0.15, 0.2) is 47.9 Å². The van der Waals surface area contributed by atoms with Gasteiger partial charge in [-0.25, -0.2) is 13.4 Å². The lowest BCUT2D eigenvalue weighted by molar-refractivity contribution is 0.602. The fourth-order valence-corrected chi connectivity index (χ4v) is 2.37. The first-order valence-electron chi connectivity index (χ1n) is 5.75. The van der Waals surface area contributed by atoms with Crippen LogP contribution in [0.2, 0.25) is 0 Å². The maximum absolute atomic E-state index is 11.4. The smallest absolute Gasteiger partial charge is 0.254 e. The van der Waals surface area contributed by atoms with Crippen molar-refractivity contribution < 1.29 is 8.42 Å². The molecular weight excluding hydrogens is 278 g/mol. The molecule has 8 heteroatoms. The second-order valence-corrected chi connectivity index (χ2v) is 6.27. The Bertz CT molecular complexity index is 819. The van der Waals surface area contributed by atoms with E-state index < -0.39 is 9.84 Å². The van der Waals surface area contributed by atoms with Crippen molar-refractivity contribution in [2.45, 2.75) is 4.90 Å². The molecule has 0 aliphatic heterocycles. The van der Waals surface area contributed by atoms with E-state index in [1.165, 1.54) is 6.26 Å². The van der Waals surface area contributed by atoms with Crippen LogP contribution in [0, 0.1) is 0 Å². The van der Waals surface area contributed by atoms with E-state index >= 15 is 0 Å². The van der Waals surface area contributed by atoms with E-state index in [1.807, 2.05) is 0 Å². The summed E-state index contributed by atoms with van der Waals surface area (Å²) in [6, 6.07) is 6.47. The Labute approximate surface area is 115 Å². The molecule has 2 heterocycles. The van der Waals surface area contributed by atoms with Crippen molar-refractivity contribution in [2.75, 3.05) is 6.26 Å². The fraction of sp³-hybridized carbons (Fsp3) is 0.0833. The Hall–Kier alpha value is -2.48. The van der Waals surface area contributed by atoms with Crippen LogP contribution >= 0.6 is 0 Å². The van der Waals surface area contributed by atoms with Crippen LogP contribution in [-0.4, -0.2) is 39.4 Å².